The van der Waals surface area contributed by atoms with E-state index < -0.39 is 0 Å². The summed E-state index contributed by atoms with van der Waals surface area (Å²) in [6.07, 6.45) is 2.28. The van der Waals surface area contributed by atoms with Gasteiger partial charge in [0.1, 0.15) is 5.82 Å². The number of carbonyl (C=O) groups excluding carboxylic acids is 2. The van der Waals surface area contributed by atoms with Crippen molar-refractivity contribution in [2.75, 3.05) is 44.2 Å². The predicted octanol–water partition coefficient (Wildman–Crippen LogP) is 1.75. The van der Waals surface area contributed by atoms with Crippen LogP contribution in [0.25, 0.3) is 0 Å². The van der Waals surface area contributed by atoms with Gasteiger partial charge in [0.25, 0.3) is 0 Å². The van der Waals surface area contributed by atoms with Crippen LogP contribution in [0.5, 0.6) is 0 Å². The lowest BCUT2D eigenvalue weighted by Crippen LogP contribution is -2.51. The number of nitrogens with zero attached hydrogens (tertiary/aromatic N) is 4. The highest BCUT2D eigenvalue weighted by atomic mass is 16.2. The summed E-state index contributed by atoms with van der Waals surface area (Å²) in [5, 5.41) is 0. The van der Waals surface area contributed by atoms with Gasteiger partial charge in [0, 0.05) is 51.3 Å². The third-order valence-electron chi connectivity index (χ3n) is 5.42. The van der Waals surface area contributed by atoms with Crippen LogP contribution in [0.15, 0.2) is 54.7 Å². The van der Waals surface area contributed by atoms with Gasteiger partial charge in [0.2, 0.25) is 11.8 Å². The summed E-state index contributed by atoms with van der Waals surface area (Å²) in [6, 6.07) is 15.9. The largest absolute Gasteiger partial charge is 0.353 e. The van der Waals surface area contributed by atoms with Crippen molar-refractivity contribution in [1.82, 2.24) is 14.8 Å². The van der Waals surface area contributed by atoms with Gasteiger partial charge in [0.15, 0.2) is 0 Å². The summed E-state index contributed by atoms with van der Waals surface area (Å²) < 4.78 is 0. The van der Waals surface area contributed by atoms with E-state index in [4.69, 9.17) is 0 Å². The fourth-order valence-electron chi connectivity index (χ4n) is 3.86. The van der Waals surface area contributed by atoms with Crippen LogP contribution in [0.4, 0.5) is 5.82 Å². The molecule has 0 saturated carbocycles. The van der Waals surface area contributed by atoms with Crippen LogP contribution < -0.4 is 4.90 Å². The molecule has 6 heteroatoms. The smallest absolute Gasteiger partial charge is 0.242 e. The molecule has 140 valence electrons. The Hall–Kier alpha value is -2.89. The van der Waals surface area contributed by atoms with Crippen molar-refractivity contribution in [3.63, 3.8) is 0 Å². The number of benzene rings is 1. The second-order valence-electron chi connectivity index (χ2n) is 7.14. The number of aromatic nitrogens is 1. The first-order valence-corrected chi connectivity index (χ1v) is 9.47. The topological polar surface area (TPSA) is 56.8 Å². The van der Waals surface area contributed by atoms with Crippen LogP contribution in [0.3, 0.4) is 0 Å². The Kier molecular flexibility index (Phi) is 5.05. The van der Waals surface area contributed by atoms with Crippen molar-refractivity contribution >= 4 is 17.6 Å². The third kappa shape index (κ3) is 3.94. The van der Waals surface area contributed by atoms with E-state index in [-0.39, 0.29) is 24.3 Å². The second kappa shape index (κ2) is 7.78. The number of rotatable bonds is 4. The summed E-state index contributed by atoms with van der Waals surface area (Å²) in [5.74, 6) is 1.25. The van der Waals surface area contributed by atoms with Gasteiger partial charge in [-0.3, -0.25) is 9.59 Å². The maximum absolute atomic E-state index is 12.7. The van der Waals surface area contributed by atoms with E-state index in [0.717, 1.165) is 18.9 Å². The normalized spacial score (nSPS) is 20.2. The quantitative estimate of drug-likeness (QED) is 0.829. The molecule has 0 N–H and O–H groups in total. The average Bonchev–Trinajstić information content (AvgIpc) is 3.10. The molecule has 1 unspecified atom stereocenters. The fourth-order valence-corrected chi connectivity index (χ4v) is 3.86. The lowest BCUT2D eigenvalue weighted by atomic mass is 9.99. The van der Waals surface area contributed by atoms with Crippen LogP contribution in [-0.4, -0.2) is 65.9 Å². The lowest BCUT2D eigenvalue weighted by molar-refractivity contribution is -0.138. The molecule has 1 aromatic carbocycles. The second-order valence-corrected chi connectivity index (χ2v) is 7.14. The zero-order valence-electron chi connectivity index (χ0n) is 15.3. The van der Waals surface area contributed by atoms with E-state index in [0.29, 0.717) is 26.1 Å². The number of hydrogen-bond acceptors (Lipinski definition) is 4. The number of hydrogen-bond donors (Lipinski definition) is 0. The van der Waals surface area contributed by atoms with Gasteiger partial charge in [-0.2, -0.15) is 0 Å². The molecule has 27 heavy (non-hydrogen) atoms. The molecular weight excluding hydrogens is 340 g/mol. The van der Waals surface area contributed by atoms with Crippen LogP contribution in [-0.2, 0) is 9.59 Å². The molecule has 2 amide bonds. The minimum absolute atomic E-state index is 0.0396. The van der Waals surface area contributed by atoms with Crippen molar-refractivity contribution in [1.29, 1.82) is 0 Å². The summed E-state index contributed by atoms with van der Waals surface area (Å²) in [4.78, 5) is 35.2. The van der Waals surface area contributed by atoms with Crippen molar-refractivity contribution in [2.24, 2.45) is 0 Å². The Labute approximate surface area is 159 Å². The molecule has 2 aliphatic rings. The summed E-state index contributed by atoms with van der Waals surface area (Å²) in [5.41, 5.74) is 1.17. The molecule has 0 radical (unpaired) electrons. The molecule has 2 aromatic rings. The Morgan fingerprint density at radius 3 is 2.44 bits per heavy atom. The van der Waals surface area contributed by atoms with Crippen LogP contribution in [0.2, 0.25) is 0 Å². The Balaban J connectivity index is 1.30. The van der Waals surface area contributed by atoms with Crippen molar-refractivity contribution in [2.45, 2.75) is 12.3 Å². The number of pyridine rings is 1. The number of likely N-dealkylation sites (tertiary alicyclic amines) is 1. The molecule has 1 atom stereocenters. The van der Waals surface area contributed by atoms with E-state index in [1.165, 1.54) is 5.56 Å². The number of piperazine rings is 1. The number of anilines is 1. The predicted molar refractivity (Wildman–Crippen MR) is 103 cm³/mol. The Bertz CT molecular complexity index is 788. The van der Waals surface area contributed by atoms with Gasteiger partial charge in [-0.25, -0.2) is 4.98 Å². The molecule has 0 aliphatic carbocycles. The summed E-state index contributed by atoms with van der Waals surface area (Å²) >= 11 is 0. The van der Waals surface area contributed by atoms with E-state index in [2.05, 4.69) is 22.0 Å². The van der Waals surface area contributed by atoms with E-state index in [1.807, 2.05) is 41.3 Å². The SMILES string of the molecule is O=C(CN1CC(c2ccccc2)CC1=O)N1CCN(c2ccccn2)CC1. The maximum atomic E-state index is 12.7. The van der Waals surface area contributed by atoms with E-state index in [1.54, 1.807) is 11.1 Å². The van der Waals surface area contributed by atoms with Crippen molar-refractivity contribution < 1.29 is 9.59 Å². The monoisotopic (exact) mass is 364 g/mol. The summed E-state index contributed by atoms with van der Waals surface area (Å²) in [6.45, 7) is 3.68. The van der Waals surface area contributed by atoms with Crippen molar-refractivity contribution in [3.05, 3.63) is 60.3 Å². The molecule has 2 aliphatic heterocycles. The number of carbonyl (C=O) groups is 2. The fraction of sp³-hybridized carbons (Fsp3) is 0.381. The minimum atomic E-state index is 0.0396. The van der Waals surface area contributed by atoms with E-state index in [9.17, 15) is 9.59 Å². The highest BCUT2D eigenvalue weighted by Gasteiger charge is 2.33. The molecule has 2 saturated heterocycles. The first kappa shape index (κ1) is 17.5. The van der Waals surface area contributed by atoms with Gasteiger partial charge < -0.3 is 14.7 Å². The first-order chi connectivity index (χ1) is 13.2. The van der Waals surface area contributed by atoms with Crippen LogP contribution in [0, 0.1) is 0 Å². The molecule has 0 spiro atoms. The summed E-state index contributed by atoms with van der Waals surface area (Å²) in [7, 11) is 0. The molecule has 1 aromatic heterocycles. The van der Waals surface area contributed by atoms with Crippen LogP contribution >= 0.6 is 0 Å². The first-order valence-electron chi connectivity index (χ1n) is 9.47. The van der Waals surface area contributed by atoms with Gasteiger partial charge in [-0.1, -0.05) is 36.4 Å². The molecule has 2 fully saturated rings. The van der Waals surface area contributed by atoms with Crippen molar-refractivity contribution in [3.8, 4) is 0 Å². The highest BCUT2D eigenvalue weighted by Crippen LogP contribution is 2.27. The Morgan fingerprint density at radius 1 is 1.00 bits per heavy atom. The number of amides is 2. The minimum Gasteiger partial charge on any atom is -0.353 e. The van der Waals surface area contributed by atoms with Gasteiger partial charge in [0.05, 0.1) is 6.54 Å². The van der Waals surface area contributed by atoms with Gasteiger partial charge in [-0.15, -0.1) is 0 Å². The Morgan fingerprint density at radius 2 is 1.74 bits per heavy atom. The third-order valence-corrected chi connectivity index (χ3v) is 5.42. The van der Waals surface area contributed by atoms with Gasteiger partial charge in [-0.05, 0) is 17.7 Å². The van der Waals surface area contributed by atoms with Crippen LogP contribution in [0.1, 0.15) is 17.9 Å². The lowest BCUT2D eigenvalue weighted by Gasteiger charge is -2.36. The highest BCUT2D eigenvalue weighted by molar-refractivity contribution is 5.86. The standard InChI is InChI=1S/C21H24N4O2/c26-20-14-18(17-6-2-1-3-7-17)15-25(20)16-21(27)24-12-10-23(11-13-24)19-8-4-5-9-22-19/h1-9,18H,10-16H2. The van der Waals surface area contributed by atoms with Gasteiger partial charge >= 0.3 is 0 Å². The average molecular weight is 364 g/mol. The molecule has 3 heterocycles. The molecule has 6 nitrogen and oxygen atoms in total. The molecular formula is C21H24N4O2. The zero-order valence-corrected chi connectivity index (χ0v) is 15.3. The molecule has 0 bridgehead atoms. The maximum Gasteiger partial charge on any atom is 0.242 e. The van der Waals surface area contributed by atoms with E-state index >= 15 is 0 Å². The molecule has 4 rings (SSSR count). The zero-order chi connectivity index (χ0) is 18.6.